The van der Waals surface area contributed by atoms with E-state index in [0.29, 0.717) is 31.8 Å². The minimum atomic E-state index is -0.884. The Morgan fingerprint density at radius 3 is 2.86 bits per heavy atom. The quantitative estimate of drug-likeness (QED) is 0.806. The third-order valence-corrected chi connectivity index (χ3v) is 4.83. The second kappa shape index (κ2) is 8.53. The fourth-order valence-electron chi connectivity index (χ4n) is 3.47. The minimum absolute atomic E-state index is 0.0593. The predicted octanol–water partition coefficient (Wildman–Crippen LogP) is 1.35. The van der Waals surface area contributed by atoms with E-state index in [1.54, 1.807) is 27.7 Å². The van der Waals surface area contributed by atoms with Crippen LogP contribution in [-0.2, 0) is 9.53 Å². The summed E-state index contributed by atoms with van der Waals surface area (Å²) in [7, 11) is 1.73. The molecule has 0 spiro atoms. The standard InChI is InChI=1S/C20H26N4O4/c1-14-5-4-6-16(9-14)24-15(2)18(10-21-24)20(27)23-7-8-28-17(12-23)11-22(3)13-19(25)26/h4-6,9-10,17H,7-8,11-13H2,1-3H3,(H,25,26). The van der Waals surface area contributed by atoms with Gasteiger partial charge in [0, 0.05) is 19.6 Å². The summed E-state index contributed by atoms with van der Waals surface area (Å²) < 4.78 is 7.49. The molecule has 28 heavy (non-hydrogen) atoms. The highest BCUT2D eigenvalue weighted by atomic mass is 16.5. The zero-order valence-corrected chi connectivity index (χ0v) is 16.5. The molecule has 1 aromatic carbocycles. The summed E-state index contributed by atoms with van der Waals surface area (Å²) in [5.74, 6) is -0.962. The van der Waals surface area contributed by atoms with Crippen LogP contribution >= 0.6 is 0 Å². The molecule has 8 nitrogen and oxygen atoms in total. The third-order valence-electron chi connectivity index (χ3n) is 4.83. The highest BCUT2D eigenvalue weighted by Crippen LogP contribution is 2.18. The van der Waals surface area contributed by atoms with Crippen molar-refractivity contribution < 1.29 is 19.4 Å². The molecule has 1 aliphatic heterocycles. The van der Waals surface area contributed by atoms with E-state index in [4.69, 9.17) is 9.84 Å². The Bertz CT molecular complexity index is 864. The van der Waals surface area contributed by atoms with Crippen molar-refractivity contribution in [3.63, 3.8) is 0 Å². The van der Waals surface area contributed by atoms with Gasteiger partial charge in [0.15, 0.2) is 0 Å². The smallest absolute Gasteiger partial charge is 0.317 e. The number of benzene rings is 1. The van der Waals surface area contributed by atoms with Crippen LogP contribution in [0, 0.1) is 13.8 Å². The van der Waals surface area contributed by atoms with Crippen LogP contribution in [0.25, 0.3) is 5.69 Å². The number of carboxylic acids is 1. The molecule has 1 unspecified atom stereocenters. The van der Waals surface area contributed by atoms with E-state index in [0.717, 1.165) is 16.9 Å². The predicted molar refractivity (Wildman–Crippen MR) is 104 cm³/mol. The van der Waals surface area contributed by atoms with Crippen LogP contribution in [0.4, 0.5) is 0 Å². The maximum atomic E-state index is 13.1. The molecule has 0 saturated carbocycles. The van der Waals surface area contributed by atoms with E-state index in [9.17, 15) is 9.59 Å². The summed E-state index contributed by atoms with van der Waals surface area (Å²) in [6.45, 7) is 5.67. The molecule has 2 aromatic rings. The fourth-order valence-corrected chi connectivity index (χ4v) is 3.47. The van der Waals surface area contributed by atoms with Crippen LogP contribution in [0.15, 0.2) is 30.5 Å². The summed E-state index contributed by atoms with van der Waals surface area (Å²) >= 11 is 0. The van der Waals surface area contributed by atoms with Crippen molar-refractivity contribution >= 4 is 11.9 Å². The van der Waals surface area contributed by atoms with E-state index in [2.05, 4.69) is 5.10 Å². The normalized spacial score (nSPS) is 17.1. The maximum Gasteiger partial charge on any atom is 0.317 e. The number of carboxylic acid groups (broad SMARTS) is 1. The van der Waals surface area contributed by atoms with Crippen LogP contribution in [-0.4, -0.2) is 82.5 Å². The molecule has 1 amide bonds. The Morgan fingerprint density at radius 1 is 1.36 bits per heavy atom. The van der Waals surface area contributed by atoms with Crippen molar-refractivity contribution in [3.05, 3.63) is 47.3 Å². The molecule has 0 radical (unpaired) electrons. The second-order valence-electron chi connectivity index (χ2n) is 7.23. The number of aliphatic carboxylic acids is 1. The molecule has 1 fully saturated rings. The number of aromatic nitrogens is 2. The molecule has 2 heterocycles. The number of carbonyl (C=O) groups excluding carboxylic acids is 1. The van der Waals surface area contributed by atoms with Crippen molar-refractivity contribution in [1.82, 2.24) is 19.6 Å². The van der Waals surface area contributed by atoms with Gasteiger partial charge in [-0.1, -0.05) is 12.1 Å². The number of rotatable bonds is 6. The molecular weight excluding hydrogens is 360 g/mol. The Hall–Kier alpha value is -2.71. The minimum Gasteiger partial charge on any atom is -0.480 e. The lowest BCUT2D eigenvalue weighted by molar-refractivity contribution is -0.138. The third kappa shape index (κ3) is 4.58. The molecule has 0 aliphatic carbocycles. The van der Waals surface area contributed by atoms with Crippen molar-refractivity contribution in [2.45, 2.75) is 20.0 Å². The monoisotopic (exact) mass is 386 g/mol. The van der Waals surface area contributed by atoms with Crippen LogP contribution in [0.2, 0.25) is 0 Å². The average molecular weight is 386 g/mol. The Balaban J connectivity index is 1.71. The molecule has 3 rings (SSSR count). The first-order chi connectivity index (χ1) is 13.3. The van der Waals surface area contributed by atoms with Crippen molar-refractivity contribution in [3.8, 4) is 5.69 Å². The van der Waals surface area contributed by atoms with Gasteiger partial charge in [-0.2, -0.15) is 5.10 Å². The first kappa shape index (κ1) is 20.0. The van der Waals surface area contributed by atoms with Crippen molar-refractivity contribution in [2.75, 3.05) is 39.8 Å². The molecule has 8 heteroatoms. The molecule has 1 saturated heterocycles. The number of nitrogens with zero attached hydrogens (tertiary/aromatic N) is 4. The summed E-state index contributed by atoms with van der Waals surface area (Å²) in [6.07, 6.45) is 1.40. The number of likely N-dealkylation sites (N-methyl/N-ethyl adjacent to an activating group) is 1. The van der Waals surface area contributed by atoms with E-state index >= 15 is 0 Å². The lowest BCUT2D eigenvalue weighted by Gasteiger charge is -2.34. The topological polar surface area (TPSA) is 87.9 Å². The van der Waals surface area contributed by atoms with Gasteiger partial charge < -0.3 is 14.7 Å². The first-order valence-electron chi connectivity index (χ1n) is 9.28. The second-order valence-corrected chi connectivity index (χ2v) is 7.23. The average Bonchev–Trinajstić information content (AvgIpc) is 3.02. The van der Waals surface area contributed by atoms with Gasteiger partial charge in [0.05, 0.1) is 42.4 Å². The van der Waals surface area contributed by atoms with E-state index in [-0.39, 0.29) is 18.6 Å². The van der Waals surface area contributed by atoms with Crippen LogP contribution in [0.3, 0.4) is 0 Å². The molecule has 0 bridgehead atoms. The van der Waals surface area contributed by atoms with E-state index in [1.807, 2.05) is 38.1 Å². The summed E-state index contributed by atoms with van der Waals surface area (Å²) in [5.41, 5.74) is 3.41. The zero-order chi connectivity index (χ0) is 20.3. The van der Waals surface area contributed by atoms with Crippen LogP contribution in [0.1, 0.15) is 21.6 Å². The largest absolute Gasteiger partial charge is 0.480 e. The summed E-state index contributed by atoms with van der Waals surface area (Å²) in [6, 6.07) is 7.97. The number of amides is 1. The number of morpholine rings is 1. The van der Waals surface area contributed by atoms with Gasteiger partial charge in [0.25, 0.3) is 5.91 Å². The highest BCUT2D eigenvalue weighted by Gasteiger charge is 2.28. The lowest BCUT2D eigenvalue weighted by Crippen LogP contribution is -2.49. The molecule has 1 atom stereocenters. The highest BCUT2D eigenvalue weighted by molar-refractivity contribution is 5.95. The Labute approximate surface area is 164 Å². The Morgan fingerprint density at radius 2 is 2.14 bits per heavy atom. The number of hydrogen-bond donors (Lipinski definition) is 1. The SMILES string of the molecule is Cc1cccc(-n2ncc(C(=O)N3CCOC(CN(C)CC(=O)O)C3)c2C)c1. The number of ether oxygens (including phenoxy) is 1. The number of aryl methyl sites for hydroxylation is 1. The number of carbonyl (C=O) groups is 2. The van der Waals surface area contributed by atoms with Gasteiger partial charge >= 0.3 is 5.97 Å². The van der Waals surface area contributed by atoms with Crippen LogP contribution in [0.5, 0.6) is 0 Å². The molecule has 1 aromatic heterocycles. The molecule has 1 N–H and O–H groups in total. The zero-order valence-electron chi connectivity index (χ0n) is 16.5. The fraction of sp³-hybridized carbons (Fsp3) is 0.450. The van der Waals surface area contributed by atoms with Gasteiger partial charge in [-0.25, -0.2) is 4.68 Å². The van der Waals surface area contributed by atoms with Gasteiger partial charge in [0.1, 0.15) is 0 Å². The van der Waals surface area contributed by atoms with Gasteiger partial charge in [-0.05, 0) is 38.6 Å². The molecular formula is C20H26N4O4. The van der Waals surface area contributed by atoms with Gasteiger partial charge in [0.2, 0.25) is 0 Å². The van der Waals surface area contributed by atoms with Crippen molar-refractivity contribution in [1.29, 1.82) is 0 Å². The van der Waals surface area contributed by atoms with Crippen molar-refractivity contribution in [2.24, 2.45) is 0 Å². The van der Waals surface area contributed by atoms with Crippen LogP contribution < -0.4 is 0 Å². The van der Waals surface area contributed by atoms with Gasteiger partial charge in [-0.3, -0.25) is 14.5 Å². The molecule has 1 aliphatic rings. The summed E-state index contributed by atoms with van der Waals surface area (Å²) in [5, 5.41) is 13.3. The maximum absolute atomic E-state index is 13.1. The summed E-state index contributed by atoms with van der Waals surface area (Å²) in [4.78, 5) is 27.3. The van der Waals surface area contributed by atoms with Gasteiger partial charge in [-0.15, -0.1) is 0 Å². The van der Waals surface area contributed by atoms with E-state index < -0.39 is 5.97 Å². The molecule has 150 valence electrons. The first-order valence-corrected chi connectivity index (χ1v) is 9.28. The Kier molecular flexibility index (Phi) is 6.11. The van der Waals surface area contributed by atoms with E-state index in [1.165, 1.54) is 0 Å². The lowest BCUT2D eigenvalue weighted by atomic mass is 10.1. The number of hydrogen-bond acceptors (Lipinski definition) is 5.